The molecule has 2 unspecified atom stereocenters. The van der Waals surface area contributed by atoms with Crippen LogP contribution in [-0.2, 0) is 0 Å². The van der Waals surface area contributed by atoms with Gasteiger partial charge < -0.3 is 15.2 Å². The number of rotatable bonds is 4. The second-order valence-electron chi connectivity index (χ2n) is 7.17. The lowest BCUT2D eigenvalue weighted by Crippen LogP contribution is -2.35. The summed E-state index contributed by atoms with van der Waals surface area (Å²) in [4.78, 5) is 4.11. The molecule has 3 aromatic rings. The number of ether oxygens (including phenoxy) is 1. The number of aromatic nitrogens is 3. The number of benzene rings is 1. The van der Waals surface area contributed by atoms with Crippen molar-refractivity contribution in [3.63, 3.8) is 0 Å². The molecule has 1 aliphatic rings. The predicted octanol–water partition coefficient (Wildman–Crippen LogP) is 3.64. The minimum absolute atomic E-state index is 0.117. The molecule has 3 atom stereocenters. The van der Waals surface area contributed by atoms with Crippen molar-refractivity contribution in [2.75, 3.05) is 7.05 Å². The molecule has 0 radical (unpaired) electrons. The monoisotopic (exact) mass is 382 g/mol. The zero-order valence-electron chi connectivity index (χ0n) is 15.7. The summed E-state index contributed by atoms with van der Waals surface area (Å²) in [5, 5.41) is 23.6. The zero-order valence-corrected chi connectivity index (χ0v) is 15.7. The summed E-state index contributed by atoms with van der Waals surface area (Å²) in [6, 6.07) is 8.96. The normalized spacial score (nSPS) is 22.7. The Labute approximate surface area is 162 Å². The van der Waals surface area contributed by atoms with Gasteiger partial charge in [0, 0.05) is 41.9 Å². The quantitative estimate of drug-likeness (QED) is 0.671. The van der Waals surface area contributed by atoms with Gasteiger partial charge in [-0.3, -0.25) is 4.98 Å². The topological polar surface area (TPSA) is 80.2 Å². The van der Waals surface area contributed by atoms with E-state index in [0.717, 1.165) is 23.6 Å². The maximum absolute atomic E-state index is 14.4. The maximum atomic E-state index is 14.4. The summed E-state index contributed by atoms with van der Waals surface area (Å²) in [5.41, 5.74) is 1.08. The van der Waals surface area contributed by atoms with Crippen LogP contribution in [0.3, 0.4) is 0 Å². The molecule has 6 nitrogen and oxygen atoms in total. The molecule has 1 saturated carbocycles. The van der Waals surface area contributed by atoms with Gasteiger partial charge in [0.15, 0.2) is 0 Å². The maximum Gasteiger partial charge on any atom is 0.233 e. The van der Waals surface area contributed by atoms with Crippen molar-refractivity contribution in [3.05, 3.63) is 42.7 Å². The van der Waals surface area contributed by atoms with E-state index in [2.05, 4.69) is 20.5 Å². The standard InChI is InChI=1S/C21H23FN4O2/c1-23-15-3-2-4-17(22)20(11-15)28-21-6-5-18(25-26-21)16-9-14-12-24-8-7-13(14)10-19(16)27/h5-10,12,15,17,20,23,27H,2-4,11H2,1H3/t15?,17?,20-/m0/s1. The first-order valence-electron chi connectivity index (χ1n) is 9.53. The summed E-state index contributed by atoms with van der Waals surface area (Å²) < 4.78 is 20.2. The molecular weight excluding hydrogens is 359 g/mol. The Morgan fingerprint density at radius 3 is 2.82 bits per heavy atom. The van der Waals surface area contributed by atoms with E-state index in [1.807, 2.05) is 19.2 Å². The Balaban J connectivity index is 1.55. The fourth-order valence-electron chi connectivity index (χ4n) is 3.69. The van der Waals surface area contributed by atoms with Crippen molar-refractivity contribution in [2.45, 2.75) is 44.0 Å². The van der Waals surface area contributed by atoms with Crippen molar-refractivity contribution in [1.29, 1.82) is 0 Å². The fraction of sp³-hybridized carbons (Fsp3) is 0.381. The highest BCUT2D eigenvalue weighted by Crippen LogP contribution is 2.32. The Hall–Kier alpha value is -2.80. The largest absolute Gasteiger partial charge is 0.507 e. The van der Waals surface area contributed by atoms with Gasteiger partial charge in [-0.25, -0.2) is 4.39 Å². The van der Waals surface area contributed by atoms with E-state index in [-0.39, 0.29) is 17.7 Å². The van der Waals surface area contributed by atoms with E-state index in [1.54, 1.807) is 30.6 Å². The molecule has 28 heavy (non-hydrogen) atoms. The van der Waals surface area contributed by atoms with E-state index < -0.39 is 12.3 Å². The second kappa shape index (κ2) is 8.06. The third kappa shape index (κ3) is 3.89. The molecule has 4 rings (SSSR count). The summed E-state index contributed by atoms with van der Waals surface area (Å²) >= 11 is 0. The first kappa shape index (κ1) is 18.6. The van der Waals surface area contributed by atoms with Crippen LogP contribution in [0.5, 0.6) is 11.6 Å². The number of aromatic hydroxyl groups is 1. The summed E-state index contributed by atoms with van der Waals surface area (Å²) in [6.45, 7) is 0. The van der Waals surface area contributed by atoms with E-state index in [0.29, 0.717) is 24.1 Å². The van der Waals surface area contributed by atoms with Crippen LogP contribution in [0.1, 0.15) is 25.7 Å². The molecule has 2 N–H and O–H groups in total. The van der Waals surface area contributed by atoms with Crippen molar-refractivity contribution < 1.29 is 14.2 Å². The summed E-state index contributed by atoms with van der Waals surface area (Å²) in [7, 11) is 1.89. The predicted molar refractivity (Wildman–Crippen MR) is 105 cm³/mol. The number of pyridine rings is 1. The van der Waals surface area contributed by atoms with Gasteiger partial charge in [-0.2, -0.15) is 0 Å². The van der Waals surface area contributed by atoms with Crippen LogP contribution < -0.4 is 10.1 Å². The van der Waals surface area contributed by atoms with E-state index in [4.69, 9.17) is 4.74 Å². The molecule has 1 aromatic carbocycles. The van der Waals surface area contributed by atoms with Gasteiger partial charge in [0.05, 0.1) is 5.69 Å². The molecule has 0 spiro atoms. The van der Waals surface area contributed by atoms with Crippen LogP contribution in [0.25, 0.3) is 22.0 Å². The number of hydrogen-bond acceptors (Lipinski definition) is 6. The lowest BCUT2D eigenvalue weighted by molar-refractivity contribution is 0.0837. The molecule has 1 fully saturated rings. The molecule has 0 bridgehead atoms. The lowest BCUT2D eigenvalue weighted by Gasteiger charge is -2.22. The highest BCUT2D eigenvalue weighted by Gasteiger charge is 2.29. The van der Waals surface area contributed by atoms with Gasteiger partial charge in [0.1, 0.15) is 18.0 Å². The van der Waals surface area contributed by atoms with Gasteiger partial charge in [-0.15, -0.1) is 10.2 Å². The number of halogens is 1. The van der Waals surface area contributed by atoms with Gasteiger partial charge in [0.2, 0.25) is 5.88 Å². The molecule has 2 heterocycles. The first-order chi connectivity index (χ1) is 13.6. The highest BCUT2D eigenvalue weighted by atomic mass is 19.1. The molecule has 0 amide bonds. The average molecular weight is 382 g/mol. The Kier molecular flexibility index (Phi) is 5.34. The van der Waals surface area contributed by atoms with Gasteiger partial charge in [-0.05, 0) is 56.0 Å². The summed E-state index contributed by atoms with van der Waals surface area (Å²) in [5.74, 6) is 0.404. The van der Waals surface area contributed by atoms with Crippen LogP contribution in [0.4, 0.5) is 4.39 Å². The second-order valence-corrected chi connectivity index (χ2v) is 7.17. The minimum Gasteiger partial charge on any atom is -0.507 e. The number of fused-ring (bicyclic) bond motifs is 1. The van der Waals surface area contributed by atoms with Crippen molar-refractivity contribution in [3.8, 4) is 22.9 Å². The van der Waals surface area contributed by atoms with Gasteiger partial charge in [0.25, 0.3) is 0 Å². The number of nitrogens with zero attached hydrogens (tertiary/aromatic N) is 3. The molecular formula is C21H23FN4O2. The van der Waals surface area contributed by atoms with Gasteiger partial charge >= 0.3 is 0 Å². The van der Waals surface area contributed by atoms with Crippen LogP contribution in [0.2, 0.25) is 0 Å². The van der Waals surface area contributed by atoms with Crippen molar-refractivity contribution >= 4 is 10.8 Å². The summed E-state index contributed by atoms with van der Waals surface area (Å²) in [6.07, 6.45) is 4.72. The minimum atomic E-state index is -1.02. The van der Waals surface area contributed by atoms with Crippen LogP contribution >= 0.6 is 0 Å². The number of hydrogen-bond donors (Lipinski definition) is 2. The first-order valence-corrected chi connectivity index (χ1v) is 9.53. The third-order valence-electron chi connectivity index (χ3n) is 5.30. The van der Waals surface area contributed by atoms with Crippen molar-refractivity contribution in [2.24, 2.45) is 0 Å². The Morgan fingerprint density at radius 1 is 1.14 bits per heavy atom. The Bertz CT molecular complexity index is 951. The van der Waals surface area contributed by atoms with Crippen LogP contribution in [0.15, 0.2) is 42.7 Å². The zero-order chi connectivity index (χ0) is 19.5. The van der Waals surface area contributed by atoms with Crippen LogP contribution in [0, 0.1) is 0 Å². The number of nitrogens with one attached hydrogen (secondary N) is 1. The SMILES string of the molecule is CNC1CCCC(F)[C@@H](Oc2ccc(-c3cc4cnccc4cc3O)nn2)C1. The lowest BCUT2D eigenvalue weighted by atomic mass is 10.1. The number of alkyl halides is 1. The van der Waals surface area contributed by atoms with Crippen molar-refractivity contribution in [1.82, 2.24) is 20.5 Å². The highest BCUT2D eigenvalue weighted by molar-refractivity contribution is 5.89. The van der Waals surface area contributed by atoms with E-state index in [9.17, 15) is 9.50 Å². The Morgan fingerprint density at radius 2 is 2.04 bits per heavy atom. The van der Waals surface area contributed by atoms with Gasteiger partial charge in [-0.1, -0.05) is 0 Å². The molecule has 2 aromatic heterocycles. The van der Waals surface area contributed by atoms with E-state index in [1.165, 1.54) is 0 Å². The molecule has 1 aliphatic carbocycles. The molecule has 146 valence electrons. The van der Waals surface area contributed by atoms with E-state index >= 15 is 0 Å². The molecule has 7 heteroatoms. The fourth-order valence-corrected chi connectivity index (χ4v) is 3.69. The third-order valence-corrected chi connectivity index (χ3v) is 5.30. The average Bonchev–Trinajstić information content (AvgIpc) is 2.89. The number of phenols is 1. The van der Waals surface area contributed by atoms with Crippen LogP contribution in [-0.4, -0.2) is 45.7 Å². The molecule has 0 saturated heterocycles. The number of phenolic OH excluding ortho intramolecular Hbond substituents is 1. The molecule has 0 aliphatic heterocycles. The smallest absolute Gasteiger partial charge is 0.233 e.